The molecule has 56 heavy (non-hydrogen) atoms. The van der Waals surface area contributed by atoms with Crippen molar-refractivity contribution in [2.45, 2.75) is 51.6 Å². The van der Waals surface area contributed by atoms with Crippen molar-refractivity contribution in [2.24, 2.45) is 0 Å². The minimum atomic E-state index is -0.660. The van der Waals surface area contributed by atoms with Gasteiger partial charge < -0.3 is 33.9 Å². The highest BCUT2D eigenvalue weighted by Gasteiger charge is 2.41. The summed E-state index contributed by atoms with van der Waals surface area (Å²) in [4.78, 5) is 42.8. The summed E-state index contributed by atoms with van der Waals surface area (Å²) in [6.07, 6.45) is 4.66. The van der Waals surface area contributed by atoms with Crippen molar-refractivity contribution in [3.8, 4) is 22.8 Å². The van der Waals surface area contributed by atoms with E-state index in [0.29, 0.717) is 78.2 Å². The van der Waals surface area contributed by atoms with Gasteiger partial charge in [0.1, 0.15) is 65.5 Å². The van der Waals surface area contributed by atoms with Crippen LogP contribution in [0, 0.1) is 12.7 Å². The summed E-state index contributed by atoms with van der Waals surface area (Å²) in [5, 5.41) is 8.78. The lowest BCUT2D eigenvalue weighted by atomic mass is 10.1. The lowest BCUT2D eigenvalue weighted by molar-refractivity contribution is -0.133. The number of ether oxygens (including phenoxy) is 3. The van der Waals surface area contributed by atoms with Crippen molar-refractivity contribution in [2.75, 3.05) is 50.2 Å². The van der Waals surface area contributed by atoms with Crippen LogP contribution in [0.4, 0.5) is 20.4 Å². The molecule has 6 aromatic rings. The number of aromatic nitrogens is 8. The number of amides is 1. The number of aryl methyl sites for hydroxylation is 1. The number of carbonyl (C=O) groups is 1. The van der Waals surface area contributed by atoms with E-state index in [-0.39, 0.29) is 37.0 Å². The zero-order valence-electron chi connectivity index (χ0n) is 31.0. The van der Waals surface area contributed by atoms with Gasteiger partial charge in [-0.1, -0.05) is 6.07 Å². The minimum absolute atomic E-state index is 0.0493. The van der Waals surface area contributed by atoms with E-state index in [9.17, 15) is 13.6 Å². The fraction of sp³-hybridized carbons (Fsp3) is 0.359. The molecular formula is C39H39F2N11O4. The molecule has 9 rings (SSSR count). The first kappa shape index (κ1) is 35.6. The Labute approximate surface area is 319 Å². The number of likely N-dealkylation sites (N-methyl/N-ethyl adjacent to an activating group) is 1. The molecule has 8 heterocycles. The van der Waals surface area contributed by atoms with E-state index >= 15 is 0 Å². The first-order valence-corrected chi connectivity index (χ1v) is 18.5. The Balaban J connectivity index is 1.16. The number of halogens is 2. The van der Waals surface area contributed by atoms with Crippen LogP contribution in [0.15, 0.2) is 66.8 Å². The second-order valence-electron chi connectivity index (χ2n) is 14.1. The molecule has 1 aromatic carbocycles. The van der Waals surface area contributed by atoms with Crippen molar-refractivity contribution < 1.29 is 27.8 Å². The van der Waals surface area contributed by atoms with E-state index in [4.69, 9.17) is 39.1 Å². The molecule has 0 unspecified atom stereocenters. The highest BCUT2D eigenvalue weighted by atomic mass is 19.1. The average Bonchev–Trinajstić information content (AvgIpc) is 3.90. The second kappa shape index (κ2) is 14.5. The highest BCUT2D eigenvalue weighted by molar-refractivity contribution is 5.93. The number of anilines is 2. The maximum atomic E-state index is 14.7. The topological polar surface area (TPSA) is 150 Å². The third kappa shape index (κ3) is 6.55. The number of nitrogens with zero attached hydrogens (tertiary/aromatic N) is 10. The Bertz CT molecular complexity index is 2500. The normalized spacial score (nSPS) is 21.3. The maximum Gasteiger partial charge on any atom is 0.245 e. The average molecular weight is 764 g/mol. The number of carbonyl (C=O) groups excluding carboxylic acids is 1. The van der Waals surface area contributed by atoms with Crippen LogP contribution in [0.3, 0.4) is 0 Å². The standard InChI is InChI=1S/C39H39F2N11O4/c1-4-55-26-18-49(3)39(53)31-15-25(45-33-7-5-6-28(46-33)35-36-29(10-12-42-35)44-22(2)50(36)19-26)17-51(31)37-27-16-43-52-30-9-8-23(40)14-32(30)56-20-24(41)11-13-54-21-34(47-37)48-38(27)52/h5-12,14,16,25-26,31H,4,13,15,17-21H2,1-3H3,(H,45,46)/b24-11-/t25-,26-,31-/m0/s1. The summed E-state index contributed by atoms with van der Waals surface area (Å²) in [5.74, 6) is 1.01. The molecule has 0 aliphatic carbocycles. The number of fused-ring (bicyclic) bond motifs is 8. The number of benzene rings is 1. The van der Waals surface area contributed by atoms with Crippen LogP contribution in [0.1, 0.15) is 25.0 Å². The van der Waals surface area contributed by atoms with Gasteiger partial charge in [-0.2, -0.15) is 5.10 Å². The van der Waals surface area contributed by atoms with E-state index in [1.165, 1.54) is 29.0 Å². The third-order valence-corrected chi connectivity index (χ3v) is 10.3. The zero-order valence-corrected chi connectivity index (χ0v) is 31.0. The summed E-state index contributed by atoms with van der Waals surface area (Å²) in [7, 11) is 1.79. The van der Waals surface area contributed by atoms with Gasteiger partial charge in [0, 0.05) is 45.0 Å². The van der Waals surface area contributed by atoms with Crippen LogP contribution in [0.5, 0.6) is 5.75 Å². The van der Waals surface area contributed by atoms with Gasteiger partial charge in [0.15, 0.2) is 11.5 Å². The van der Waals surface area contributed by atoms with Crippen LogP contribution in [-0.4, -0.2) is 108 Å². The fourth-order valence-corrected chi connectivity index (χ4v) is 7.81. The third-order valence-electron chi connectivity index (χ3n) is 10.3. The van der Waals surface area contributed by atoms with Crippen molar-refractivity contribution in [1.82, 2.24) is 44.2 Å². The predicted octanol–water partition coefficient (Wildman–Crippen LogP) is 4.77. The lowest BCUT2D eigenvalue weighted by Gasteiger charge is -2.31. The molecule has 1 N–H and O–H groups in total. The smallest absolute Gasteiger partial charge is 0.245 e. The molecule has 1 amide bonds. The van der Waals surface area contributed by atoms with Crippen molar-refractivity contribution >= 4 is 39.6 Å². The molecule has 6 bridgehead atoms. The molecule has 0 radical (unpaired) electrons. The molecule has 17 heteroatoms. The quantitative estimate of drug-likeness (QED) is 0.265. The number of pyridine rings is 2. The van der Waals surface area contributed by atoms with E-state index in [0.717, 1.165) is 16.9 Å². The number of hydrogen-bond acceptors (Lipinski definition) is 12. The number of imidazole rings is 1. The van der Waals surface area contributed by atoms with Gasteiger partial charge >= 0.3 is 0 Å². The van der Waals surface area contributed by atoms with Crippen LogP contribution in [-0.2, 0) is 27.4 Å². The molecule has 1 saturated heterocycles. The molecule has 5 aromatic heterocycles. The van der Waals surface area contributed by atoms with Crippen LogP contribution in [0.2, 0.25) is 0 Å². The Morgan fingerprint density at radius 2 is 1.93 bits per heavy atom. The largest absolute Gasteiger partial charge is 0.484 e. The van der Waals surface area contributed by atoms with Crippen molar-refractivity contribution in [3.63, 3.8) is 0 Å². The molecule has 1 fully saturated rings. The Kier molecular flexibility index (Phi) is 9.25. The highest BCUT2D eigenvalue weighted by Crippen LogP contribution is 2.36. The van der Waals surface area contributed by atoms with Gasteiger partial charge in [0.05, 0.1) is 47.6 Å². The van der Waals surface area contributed by atoms with E-state index in [1.54, 1.807) is 24.3 Å². The summed E-state index contributed by atoms with van der Waals surface area (Å²) in [5.41, 5.74) is 3.78. The van der Waals surface area contributed by atoms with Crippen molar-refractivity contribution in [1.29, 1.82) is 0 Å². The molecule has 0 saturated carbocycles. The fourth-order valence-electron chi connectivity index (χ4n) is 7.81. The molecule has 0 spiro atoms. The monoisotopic (exact) mass is 763 g/mol. The zero-order chi connectivity index (χ0) is 38.5. The first-order chi connectivity index (χ1) is 27.2. The Hall–Kier alpha value is -6.07. The van der Waals surface area contributed by atoms with Gasteiger partial charge in [-0.15, -0.1) is 0 Å². The van der Waals surface area contributed by atoms with Gasteiger partial charge in [0.25, 0.3) is 0 Å². The van der Waals surface area contributed by atoms with Gasteiger partial charge in [-0.25, -0.2) is 33.4 Å². The molecule has 15 nitrogen and oxygen atoms in total. The van der Waals surface area contributed by atoms with Crippen molar-refractivity contribution in [3.05, 3.63) is 84.2 Å². The lowest BCUT2D eigenvalue weighted by Crippen LogP contribution is -2.47. The summed E-state index contributed by atoms with van der Waals surface area (Å²) >= 11 is 0. The molecular weight excluding hydrogens is 724 g/mol. The van der Waals surface area contributed by atoms with Crippen LogP contribution in [0.25, 0.3) is 39.1 Å². The van der Waals surface area contributed by atoms with Crippen LogP contribution >= 0.6 is 0 Å². The van der Waals surface area contributed by atoms with Gasteiger partial charge in [-0.05, 0) is 56.7 Å². The van der Waals surface area contributed by atoms with E-state index < -0.39 is 24.3 Å². The first-order valence-electron chi connectivity index (χ1n) is 18.5. The molecule has 3 aliphatic rings. The Morgan fingerprint density at radius 1 is 1.04 bits per heavy atom. The SMILES string of the molecule is CCO[C@H]1CN(C)C(=O)[C@@H]2C[C@@H](CN2c2nc3nc4c2cnn4-c2ccc(F)cc2OC/C(F)=C/COC3)Nc2cccc(n2)-c2nccc3nc(C)n(c23)C1. The summed E-state index contributed by atoms with van der Waals surface area (Å²) < 4.78 is 50.5. The summed E-state index contributed by atoms with van der Waals surface area (Å²) in [6, 6.07) is 10.7. The van der Waals surface area contributed by atoms with E-state index in [1.807, 2.05) is 43.0 Å². The number of rotatable bonds is 3. The van der Waals surface area contributed by atoms with Gasteiger partial charge in [0.2, 0.25) is 5.91 Å². The second-order valence-corrected chi connectivity index (χ2v) is 14.1. The maximum absolute atomic E-state index is 14.7. The number of nitrogens with one attached hydrogen (secondary N) is 1. The van der Waals surface area contributed by atoms with Crippen LogP contribution < -0.4 is 15.0 Å². The molecule has 288 valence electrons. The minimum Gasteiger partial charge on any atom is -0.484 e. The molecule has 3 atom stereocenters. The number of hydrogen-bond donors (Lipinski definition) is 1. The molecule has 3 aliphatic heterocycles. The predicted molar refractivity (Wildman–Crippen MR) is 203 cm³/mol. The van der Waals surface area contributed by atoms with Gasteiger partial charge in [-0.3, -0.25) is 9.78 Å². The summed E-state index contributed by atoms with van der Waals surface area (Å²) in [6.45, 7) is 4.92. The Morgan fingerprint density at radius 3 is 2.80 bits per heavy atom. The van der Waals surface area contributed by atoms with E-state index in [2.05, 4.69) is 15.0 Å².